The number of likely N-dealkylation sites (tertiary alicyclic amines) is 1. The highest BCUT2D eigenvalue weighted by atomic mass is 16.2. The number of nitrogens with zero attached hydrogens (tertiary/aromatic N) is 5. The van der Waals surface area contributed by atoms with Gasteiger partial charge >= 0.3 is 0 Å². The predicted octanol–water partition coefficient (Wildman–Crippen LogP) is 1.59. The van der Waals surface area contributed by atoms with Gasteiger partial charge in [-0.1, -0.05) is 30.3 Å². The maximum Gasteiger partial charge on any atom is 0.227 e. The van der Waals surface area contributed by atoms with Crippen LogP contribution in [0.5, 0.6) is 0 Å². The molecule has 4 rings (SSSR count). The summed E-state index contributed by atoms with van der Waals surface area (Å²) in [7, 11) is 0. The Morgan fingerprint density at radius 2 is 1.81 bits per heavy atom. The number of rotatable bonds is 2. The van der Waals surface area contributed by atoms with Crippen LogP contribution in [0.1, 0.15) is 25.6 Å². The first-order chi connectivity index (χ1) is 13.1. The summed E-state index contributed by atoms with van der Waals surface area (Å²) < 4.78 is 2.13. The fourth-order valence-corrected chi connectivity index (χ4v) is 4.07. The molecule has 1 aromatic carbocycles. The van der Waals surface area contributed by atoms with E-state index in [1.54, 1.807) is 11.8 Å². The van der Waals surface area contributed by atoms with Crippen molar-refractivity contribution in [2.24, 2.45) is 5.92 Å². The lowest BCUT2D eigenvalue weighted by Gasteiger charge is -2.34. The Morgan fingerprint density at radius 3 is 2.59 bits per heavy atom. The van der Waals surface area contributed by atoms with Crippen LogP contribution in [0, 0.1) is 5.92 Å². The van der Waals surface area contributed by atoms with Crippen LogP contribution in [0.2, 0.25) is 0 Å². The number of carbonyl (C=O) groups excluding carboxylic acids is 2. The number of aromatic nitrogens is 3. The minimum absolute atomic E-state index is 0.0575. The standard InChI is InChI=1S/C20H25N5O2/c1-15(26)24-10-5-8-17(14-24)20(27)23-11-9-18-21-22-19(25(18)13-12-23)16-6-3-2-4-7-16/h2-4,6-7,17H,5,8-14H2,1H3. The SMILES string of the molecule is CC(=O)N1CCCC(C(=O)N2CCc3nnc(-c4ccccc4)n3CC2)C1. The molecule has 7 heteroatoms. The molecule has 2 aliphatic rings. The van der Waals surface area contributed by atoms with Crippen LogP contribution in [0.4, 0.5) is 0 Å². The van der Waals surface area contributed by atoms with Gasteiger partial charge in [0.2, 0.25) is 11.8 Å². The molecular weight excluding hydrogens is 342 g/mol. The van der Waals surface area contributed by atoms with E-state index in [0.717, 1.165) is 36.6 Å². The highest BCUT2D eigenvalue weighted by Gasteiger charge is 2.31. The molecule has 1 unspecified atom stereocenters. The second-order valence-corrected chi connectivity index (χ2v) is 7.34. The molecule has 0 radical (unpaired) electrons. The molecule has 0 saturated carbocycles. The van der Waals surface area contributed by atoms with Gasteiger partial charge in [0.1, 0.15) is 5.82 Å². The third-order valence-electron chi connectivity index (χ3n) is 5.59. The Bertz CT molecular complexity index is 832. The number of fused-ring (bicyclic) bond motifs is 1. The van der Waals surface area contributed by atoms with Crippen molar-refractivity contribution in [3.8, 4) is 11.4 Å². The molecule has 2 aliphatic heterocycles. The van der Waals surface area contributed by atoms with E-state index in [1.807, 2.05) is 35.2 Å². The predicted molar refractivity (Wildman–Crippen MR) is 101 cm³/mol. The lowest BCUT2D eigenvalue weighted by Crippen LogP contribution is -2.46. The van der Waals surface area contributed by atoms with Crippen LogP contribution in [-0.2, 0) is 22.6 Å². The van der Waals surface area contributed by atoms with Crippen molar-refractivity contribution < 1.29 is 9.59 Å². The number of amides is 2. The highest BCUT2D eigenvalue weighted by Crippen LogP contribution is 2.23. The third kappa shape index (κ3) is 3.59. The Labute approximate surface area is 159 Å². The highest BCUT2D eigenvalue weighted by molar-refractivity contribution is 5.81. The van der Waals surface area contributed by atoms with Gasteiger partial charge in [-0.15, -0.1) is 10.2 Å². The fraction of sp³-hybridized carbons (Fsp3) is 0.500. The van der Waals surface area contributed by atoms with E-state index in [4.69, 9.17) is 0 Å². The van der Waals surface area contributed by atoms with Gasteiger partial charge in [0.05, 0.1) is 5.92 Å². The summed E-state index contributed by atoms with van der Waals surface area (Å²) in [6.07, 6.45) is 2.46. The van der Waals surface area contributed by atoms with E-state index in [9.17, 15) is 9.59 Å². The number of piperidine rings is 1. The molecule has 7 nitrogen and oxygen atoms in total. The van der Waals surface area contributed by atoms with Crippen LogP contribution >= 0.6 is 0 Å². The summed E-state index contributed by atoms with van der Waals surface area (Å²) in [4.78, 5) is 28.5. The van der Waals surface area contributed by atoms with Gasteiger partial charge in [-0.2, -0.15) is 0 Å². The molecule has 0 bridgehead atoms. The fourth-order valence-electron chi connectivity index (χ4n) is 4.07. The van der Waals surface area contributed by atoms with Gasteiger partial charge in [-0.25, -0.2) is 0 Å². The minimum atomic E-state index is -0.0835. The molecule has 1 saturated heterocycles. The number of hydrogen-bond acceptors (Lipinski definition) is 4. The molecule has 142 valence electrons. The molecule has 3 heterocycles. The van der Waals surface area contributed by atoms with Gasteiger partial charge in [0.15, 0.2) is 5.82 Å². The van der Waals surface area contributed by atoms with Crippen molar-refractivity contribution in [3.05, 3.63) is 36.2 Å². The van der Waals surface area contributed by atoms with E-state index in [-0.39, 0.29) is 17.7 Å². The van der Waals surface area contributed by atoms with Gasteiger partial charge < -0.3 is 14.4 Å². The van der Waals surface area contributed by atoms with Crippen LogP contribution in [-0.4, -0.2) is 62.6 Å². The maximum absolute atomic E-state index is 13.0. The van der Waals surface area contributed by atoms with Crippen molar-refractivity contribution in [2.45, 2.75) is 32.7 Å². The molecule has 27 heavy (non-hydrogen) atoms. The quantitative estimate of drug-likeness (QED) is 0.808. The van der Waals surface area contributed by atoms with Gasteiger partial charge in [0.25, 0.3) is 0 Å². The van der Waals surface area contributed by atoms with Crippen LogP contribution in [0.15, 0.2) is 30.3 Å². The summed E-state index contributed by atoms with van der Waals surface area (Å²) in [5.74, 6) is 1.93. The first-order valence-electron chi connectivity index (χ1n) is 9.65. The van der Waals surface area contributed by atoms with Crippen LogP contribution < -0.4 is 0 Å². The second kappa shape index (κ2) is 7.50. The monoisotopic (exact) mass is 367 g/mol. The Hall–Kier alpha value is -2.70. The first-order valence-corrected chi connectivity index (χ1v) is 9.65. The zero-order valence-corrected chi connectivity index (χ0v) is 15.7. The summed E-state index contributed by atoms with van der Waals surface area (Å²) in [5, 5.41) is 8.72. The lowest BCUT2D eigenvalue weighted by atomic mass is 9.96. The Balaban J connectivity index is 1.47. The van der Waals surface area contributed by atoms with Crippen molar-refractivity contribution in [2.75, 3.05) is 26.2 Å². The van der Waals surface area contributed by atoms with Gasteiger partial charge in [0, 0.05) is 51.6 Å². The molecule has 1 atom stereocenters. The molecule has 1 aromatic heterocycles. The largest absolute Gasteiger partial charge is 0.342 e. The maximum atomic E-state index is 13.0. The van der Waals surface area contributed by atoms with E-state index in [0.29, 0.717) is 32.6 Å². The molecule has 2 aromatic rings. The average Bonchev–Trinajstić information content (AvgIpc) is 2.99. The third-order valence-corrected chi connectivity index (χ3v) is 5.59. The van der Waals surface area contributed by atoms with Crippen LogP contribution in [0.25, 0.3) is 11.4 Å². The molecule has 2 amide bonds. The summed E-state index contributed by atoms with van der Waals surface area (Å²) in [6.45, 7) is 4.90. The lowest BCUT2D eigenvalue weighted by molar-refractivity contribution is -0.140. The number of benzene rings is 1. The molecule has 0 N–H and O–H groups in total. The van der Waals surface area contributed by atoms with Gasteiger partial charge in [-0.05, 0) is 12.8 Å². The molecular formula is C20H25N5O2. The van der Waals surface area contributed by atoms with Crippen molar-refractivity contribution in [1.82, 2.24) is 24.6 Å². The van der Waals surface area contributed by atoms with Crippen LogP contribution in [0.3, 0.4) is 0 Å². The minimum Gasteiger partial charge on any atom is -0.342 e. The molecule has 1 fully saturated rings. The number of carbonyl (C=O) groups is 2. The topological polar surface area (TPSA) is 71.3 Å². The molecule has 0 aliphatic carbocycles. The van der Waals surface area contributed by atoms with Gasteiger partial charge in [-0.3, -0.25) is 9.59 Å². The molecule has 0 spiro atoms. The summed E-state index contributed by atoms with van der Waals surface area (Å²) >= 11 is 0. The van der Waals surface area contributed by atoms with Crippen molar-refractivity contribution in [1.29, 1.82) is 0 Å². The van der Waals surface area contributed by atoms with E-state index in [2.05, 4.69) is 14.8 Å². The zero-order valence-electron chi connectivity index (χ0n) is 15.7. The summed E-state index contributed by atoms with van der Waals surface area (Å²) in [5.41, 5.74) is 1.04. The summed E-state index contributed by atoms with van der Waals surface area (Å²) in [6, 6.07) is 10.0. The van der Waals surface area contributed by atoms with E-state index < -0.39 is 0 Å². The van der Waals surface area contributed by atoms with Crippen molar-refractivity contribution in [3.63, 3.8) is 0 Å². The first kappa shape index (κ1) is 17.7. The smallest absolute Gasteiger partial charge is 0.227 e. The zero-order chi connectivity index (χ0) is 18.8. The Kier molecular flexibility index (Phi) is 4.92. The average molecular weight is 367 g/mol. The van der Waals surface area contributed by atoms with Crippen molar-refractivity contribution >= 4 is 11.8 Å². The van der Waals surface area contributed by atoms with E-state index >= 15 is 0 Å². The normalized spacial score (nSPS) is 20.1. The Morgan fingerprint density at radius 1 is 1.00 bits per heavy atom. The van der Waals surface area contributed by atoms with E-state index in [1.165, 1.54) is 0 Å². The second-order valence-electron chi connectivity index (χ2n) is 7.34. The number of hydrogen-bond donors (Lipinski definition) is 0.